The van der Waals surface area contributed by atoms with E-state index in [4.69, 9.17) is 4.74 Å². The number of ether oxygens (including phenoxy) is 1. The van der Waals surface area contributed by atoms with Crippen LogP contribution < -0.4 is 4.74 Å². The molecule has 0 spiro atoms. The molecule has 1 N–H and O–H groups in total. The van der Waals surface area contributed by atoms with Crippen molar-refractivity contribution >= 4 is 5.57 Å². The first-order chi connectivity index (χ1) is 14.1. The van der Waals surface area contributed by atoms with Crippen molar-refractivity contribution in [1.82, 2.24) is 19.9 Å². The first-order valence-corrected chi connectivity index (χ1v) is 10.3. The van der Waals surface area contributed by atoms with Crippen molar-refractivity contribution in [3.63, 3.8) is 0 Å². The Morgan fingerprint density at radius 2 is 2.03 bits per heavy atom. The fraction of sp³-hybridized carbons (Fsp3) is 0.435. The van der Waals surface area contributed by atoms with E-state index in [1.54, 1.807) is 6.20 Å². The summed E-state index contributed by atoms with van der Waals surface area (Å²) >= 11 is 0. The largest absolute Gasteiger partial charge is 0.477 e. The van der Waals surface area contributed by atoms with Crippen LogP contribution in [0.2, 0.25) is 0 Å². The number of hydrogen-bond acceptors (Lipinski definition) is 6. The molecular weight excluding hydrogens is 364 g/mol. The standard InChI is InChI=1S/C23H26N4O2/c1-14-3-6-21(25-11-14)19-9-17(19)13-29-23-20(12-24-15(2)26-23)16-7-8-27(18-4-5-18)22(28)10-16/h3,6-8,10-12,17-19,22,28H,4-5,9,13H2,1-2H3/t17?,19-,22?/m1/s1. The van der Waals surface area contributed by atoms with E-state index in [9.17, 15) is 5.11 Å². The second kappa shape index (κ2) is 7.26. The summed E-state index contributed by atoms with van der Waals surface area (Å²) in [6.07, 6.45) is 12.3. The SMILES string of the molecule is Cc1ccc([C@@H]2CC2COc2nc(C)ncc2C2=CC(O)N(C3CC3)C=C2)nc1. The minimum Gasteiger partial charge on any atom is -0.477 e. The van der Waals surface area contributed by atoms with E-state index in [-0.39, 0.29) is 0 Å². The van der Waals surface area contributed by atoms with Gasteiger partial charge in [-0.2, -0.15) is 4.98 Å². The normalized spacial score (nSPS) is 25.7. The molecular formula is C23H26N4O2. The molecule has 0 radical (unpaired) electrons. The third kappa shape index (κ3) is 3.90. The Bertz CT molecular complexity index is 965. The number of aliphatic hydroxyl groups is 1. The smallest absolute Gasteiger partial charge is 0.224 e. The van der Waals surface area contributed by atoms with Gasteiger partial charge in [-0.15, -0.1) is 0 Å². The van der Waals surface area contributed by atoms with E-state index in [2.05, 4.69) is 34.0 Å². The van der Waals surface area contributed by atoms with Crippen LogP contribution in [0.1, 0.15) is 47.8 Å². The lowest BCUT2D eigenvalue weighted by atomic mass is 10.1. The average molecular weight is 390 g/mol. The van der Waals surface area contributed by atoms with Crippen molar-refractivity contribution in [3.8, 4) is 5.88 Å². The lowest BCUT2D eigenvalue weighted by Crippen LogP contribution is -2.32. The van der Waals surface area contributed by atoms with E-state index in [1.165, 1.54) is 5.56 Å². The Hall–Kier alpha value is -2.73. The number of nitrogens with zero attached hydrogens (tertiary/aromatic N) is 4. The van der Waals surface area contributed by atoms with E-state index in [0.717, 1.165) is 36.1 Å². The molecule has 150 valence electrons. The Kier molecular flexibility index (Phi) is 4.59. The molecule has 3 heterocycles. The van der Waals surface area contributed by atoms with Gasteiger partial charge in [0.1, 0.15) is 12.1 Å². The highest BCUT2D eigenvalue weighted by Crippen LogP contribution is 2.47. The number of pyridine rings is 1. The predicted octanol–water partition coefficient (Wildman–Crippen LogP) is 3.36. The van der Waals surface area contributed by atoms with Gasteiger partial charge in [-0.1, -0.05) is 6.07 Å². The number of aryl methyl sites for hydroxylation is 2. The molecule has 1 aliphatic heterocycles. The van der Waals surface area contributed by atoms with Gasteiger partial charge >= 0.3 is 0 Å². The highest BCUT2D eigenvalue weighted by atomic mass is 16.5. The van der Waals surface area contributed by atoms with Crippen LogP contribution in [0.5, 0.6) is 5.88 Å². The maximum absolute atomic E-state index is 10.5. The average Bonchev–Trinajstić information content (AvgIpc) is 3.62. The zero-order valence-electron chi connectivity index (χ0n) is 16.8. The maximum atomic E-state index is 10.5. The van der Waals surface area contributed by atoms with Gasteiger partial charge < -0.3 is 14.7 Å². The summed E-state index contributed by atoms with van der Waals surface area (Å²) < 4.78 is 6.14. The zero-order chi connectivity index (χ0) is 20.0. The second-order valence-corrected chi connectivity index (χ2v) is 8.34. The van der Waals surface area contributed by atoms with Crippen LogP contribution >= 0.6 is 0 Å². The van der Waals surface area contributed by atoms with Gasteiger partial charge in [-0.25, -0.2) is 4.98 Å². The molecule has 2 fully saturated rings. The summed E-state index contributed by atoms with van der Waals surface area (Å²) in [6.45, 7) is 4.53. The molecule has 3 aliphatic rings. The van der Waals surface area contributed by atoms with Crippen molar-refractivity contribution in [2.45, 2.75) is 51.3 Å². The molecule has 2 aromatic rings. The van der Waals surface area contributed by atoms with E-state index in [1.807, 2.05) is 36.4 Å². The van der Waals surface area contributed by atoms with Crippen LogP contribution in [-0.2, 0) is 0 Å². The van der Waals surface area contributed by atoms with E-state index >= 15 is 0 Å². The summed E-state index contributed by atoms with van der Waals surface area (Å²) in [6, 6.07) is 4.69. The van der Waals surface area contributed by atoms with E-state index in [0.29, 0.717) is 36.2 Å². The third-order valence-electron chi connectivity index (χ3n) is 5.88. The highest BCUT2D eigenvalue weighted by Gasteiger charge is 2.40. The molecule has 2 unspecified atom stereocenters. The number of aromatic nitrogens is 3. The minimum atomic E-state index is -0.614. The number of aliphatic hydroxyl groups excluding tert-OH is 1. The lowest BCUT2D eigenvalue weighted by Gasteiger charge is -2.28. The molecule has 6 nitrogen and oxygen atoms in total. The van der Waals surface area contributed by atoms with Gasteiger partial charge in [0.05, 0.1) is 12.2 Å². The molecule has 0 bridgehead atoms. The molecule has 2 aromatic heterocycles. The second-order valence-electron chi connectivity index (χ2n) is 8.34. The molecule has 6 heteroatoms. The van der Waals surface area contributed by atoms with Gasteiger partial charge in [0, 0.05) is 42.2 Å². The summed E-state index contributed by atoms with van der Waals surface area (Å²) in [4.78, 5) is 15.4. The minimum absolute atomic E-state index is 0.458. The highest BCUT2D eigenvalue weighted by molar-refractivity contribution is 5.77. The zero-order valence-corrected chi connectivity index (χ0v) is 16.8. The molecule has 2 saturated carbocycles. The van der Waals surface area contributed by atoms with Crippen molar-refractivity contribution in [2.75, 3.05) is 6.61 Å². The fourth-order valence-electron chi connectivity index (χ4n) is 3.88. The van der Waals surface area contributed by atoms with Crippen LogP contribution in [0.25, 0.3) is 5.57 Å². The van der Waals surface area contributed by atoms with Crippen molar-refractivity contribution in [3.05, 3.63) is 65.5 Å². The summed E-state index contributed by atoms with van der Waals surface area (Å²) in [5.74, 6) is 2.18. The monoisotopic (exact) mass is 390 g/mol. The first kappa shape index (κ1) is 18.3. The Morgan fingerprint density at radius 1 is 1.17 bits per heavy atom. The van der Waals surface area contributed by atoms with Crippen LogP contribution in [0.3, 0.4) is 0 Å². The van der Waals surface area contributed by atoms with Gasteiger partial charge in [0.2, 0.25) is 5.88 Å². The van der Waals surface area contributed by atoms with Gasteiger partial charge in [-0.3, -0.25) is 4.98 Å². The predicted molar refractivity (Wildman–Crippen MR) is 110 cm³/mol. The lowest BCUT2D eigenvalue weighted by molar-refractivity contribution is 0.0727. The topological polar surface area (TPSA) is 71.4 Å². The molecule has 0 amide bonds. The van der Waals surface area contributed by atoms with Crippen molar-refractivity contribution < 1.29 is 9.84 Å². The summed E-state index contributed by atoms with van der Waals surface area (Å²) in [5, 5.41) is 10.5. The molecule has 3 atom stereocenters. The van der Waals surface area contributed by atoms with E-state index < -0.39 is 6.23 Å². The van der Waals surface area contributed by atoms with Crippen LogP contribution in [0.4, 0.5) is 0 Å². The molecule has 29 heavy (non-hydrogen) atoms. The fourth-order valence-corrected chi connectivity index (χ4v) is 3.88. The summed E-state index contributed by atoms with van der Waals surface area (Å²) in [7, 11) is 0. The number of rotatable bonds is 6. The molecule has 0 aromatic carbocycles. The maximum Gasteiger partial charge on any atom is 0.224 e. The Balaban J connectivity index is 1.29. The van der Waals surface area contributed by atoms with Crippen LogP contribution in [-0.4, -0.2) is 43.8 Å². The van der Waals surface area contributed by atoms with Crippen molar-refractivity contribution in [1.29, 1.82) is 0 Å². The van der Waals surface area contributed by atoms with Gasteiger partial charge in [0.25, 0.3) is 0 Å². The quantitative estimate of drug-likeness (QED) is 0.815. The summed E-state index contributed by atoms with van der Waals surface area (Å²) in [5.41, 5.74) is 4.05. The number of allylic oxidation sites excluding steroid dienone is 2. The van der Waals surface area contributed by atoms with Crippen LogP contribution in [0.15, 0.2) is 42.9 Å². The first-order valence-electron chi connectivity index (χ1n) is 10.3. The van der Waals surface area contributed by atoms with Gasteiger partial charge in [-0.05, 0) is 62.5 Å². The molecule has 2 aliphatic carbocycles. The molecule has 0 saturated heterocycles. The van der Waals surface area contributed by atoms with Crippen molar-refractivity contribution in [2.24, 2.45) is 5.92 Å². The Labute approximate surface area is 171 Å². The number of hydrogen-bond donors (Lipinski definition) is 1. The Morgan fingerprint density at radius 3 is 2.76 bits per heavy atom. The van der Waals surface area contributed by atoms with Gasteiger partial charge in [0.15, 0.2) is 0 Å². The van der Waals surface area contributed by atoms with Crippen LogP contribution in [0, 0.1) is 19.8 Å². The molecule has 5 rings (SSSR count). The third-order valence-corrected chi connectivity index (χ3v) is 5.88.